The van der Waals surface area contributed by atoms with Gasteiger partial charge in [0.2, 0.25) is 0 Å². The number of hydrogen-bond donors (Lipinski definition) is 1. The maximum atomic E-state index is 12.7. The standard InChI is InChI=1S/C20H26N4O2/c1-12(2)14-10-9-13(3)11-17(14)21-22-19(25)18-15-7-5-6-8-16(15)20(26)24(4)23-18/h5-8,12-14H,9-11H2,1-4H3,(H,22,25)/b21-17-/t13-,14+/m1/s1. The number of hydrazone groups is 1. The number of amides is 1. The second-order valence-corrected chi connectivity index (χ2v) is 7.60. The van der Waals surface area contributed by atoms with Crippen LogP contribution in [-0.2, 0) is 7.05 Å². The van der Waals surface area contributed by atoms with E-state index in [0.717, 1.165) is 18.6 Å². The average Bonchev–Trinajstić information content (AvgIpc) is 2.62. The van der Waals surface area contributed by atoms with Crippen LogP contribution in [0.15, 0.2) is 34.2 Å². The molecule has 6 heteroatoms. The quantitative estimate of drug-likeness (QED) is 0.861. The second kappa shape index (κ2) is 7.40. The predicted molar refractivity (Wildman–Crippen MR) is 103 cm³/mol. The molecule has 1 amide bonds. The van der Waals surface area contributed by atoms with Crippen molar-refractivity contribution in [3.63, 3.8) is 0 Å². The van der Waals surface area contributed by atoms with Crippen LogP contribution < -0.4 is 11.0 Å². The molecular formula is C20H26N4O2. The molecule has 1 aromatic heterocycles. The SMILES string of the molecule is CC(C)[C@@H]1CC[C@@H](C)C/C1=N/NC(=O)c1nn(C)c(=O)c2ccccc12. The first-order valence-corrected chi connectivity index (χ1v) is 9.21. The summed E-state index contributed by atoms with van der Waals surface area (Å²) in [5.74, 6) is 1.09. The van der Waals surface area contributed by atoms with Crippen LogP contribution in [0.2, 0.25) is 0 Å². The van der Waals surface area contributed by atoms with E-state index in [2.05, 4.69) is 36.4 Å². The van der Waals surface area contributed by atoms with Crippen molar-refractivity contribution >= 4 is 22.4 Å². The Hall–Kier alpha value is -2.50. The molecule has 0 saturated heterocycles. The number of nitrogens with zero attached hydrogens (tertiary/aromatic N) is 3. The number of nitrogens with one attached hydrogen (secondary N) is 1. The molecule has 0 bridgehead atoms. The summed E-state index contributed by atoms with van der Waals surface area (Å²) >= 11 is 0. The molecular weight excluding hydrogens is 328 g/mol. The Morgan fingerprint density at radius 2 is 1.96 bits per heavy atom. The maximum absolute atomic E-state index is 12.7. The molecule has 2 aromatic rings. The summed E-state index contributed by atoms with van der Waals surface area (Å²) in [4.78, 5) is 24.9. The lowest BCUT2D eigenvalue weighted by Gasteiger charge is -2.30. The first-order chi connectivity index (χ1) is 12.4. The molecule has 0 spiro atoms. The summed E-state index contributed by atoms with van der Waals surface area (Å²) in [6.45, 7) is 6.61. The van der Waals surface area contributed by atoms with Gasteiger partial charge in [-0.1, -0.05) is 39.0 Å². The molecule has 1 aromatic carbocycles. The zero-order valence-corrected chi connectivity index (χ0v) is 15.8. The fourth-order valence-electron chi connectivity index (χ4n) is 3.73. The predicted octanol–water partition coefficient (Wildman–Crippen LogP) is 3.11. The largest absolute Gasteiger partial charge is 0.292 e. The summed E-state index contributed by atoms with van der Waals surface area (Å²) < 4.78 is 1.20. The molecule has 1 fully saturated rings. The Balaban J connectivity index is 1.92. The molecule has 1 heterocycles. The van der Waals surface area contributed by atoms with Crippen molar-refractivity contribution in [1.29, 1.82) is 0 Å². The summed E-state index contributed by atoms with van der Waals surface area (Å²) in [6, 6.07) is 7.02. The molecule has 26 heavy (non-hydrogen) atoms. The van der Waals surface area contributed by atoms with E-state index in [1.54, 1.807) is 31.3 Å². The lowest BCUT2D eigenvalue weighted by atomic mass is 9.76. The molecule has 138 valence electrons. The van der Waals surface area contributed by atoms with E-state index in [1.807, 2.05) is 0 Å². The van der Waals surface area contributed by atoms with E-state index in [1.165, 1.54) is 11.1 Å². The van der Waals surface area contributed by atoms with E-state index < -0.39 is 0 Å². The lowest BCUT2D eigenvalue weighted by Crippen LogP contribution is -2.32. The minimum atomic E-state index is -0.384. The van der Waals surface area contributed by atoms with Crippen molar-refractivity contribution in [2.45, 2.75) is 40.0 Å². The Morgan fingerprint density at radius 3 is 2.65 bits per heavy atom. The molecule has 1 aliphatic carbocycles. The highest BCUT2D eigenvalue weighted by molar-refractivity contribution is 6.05. The van der Waals surface area contributed by atoms with Gasteiger partial charge in [-0.15, -0.1) is 0 Å². The smallest absolute Gasteiger partial charge is 0.267 e. The Labute approximate surface area is 153 Å². The van der Waals surface area contributed by atoms with Gasteiger partial charge in [-0.3, -0.25) is 9.59 Å². The number of aromatic nitrogens is 2. The molecule has 0 unspecified atom stereocenters. The molecule has 0 aliphatic heterocycles. The summed E-state index contributed by atoms with van der Waals surface area (Å²) in [5, 5.41) is 9.65. The van der Waals surface area contributed by atoms with Gasteiger partial charge >= 0.3 is 0 Å². The van der Waals surface area contributed by atoms with Gasteiger partial charge in [0.25, 0.3) is 11.5 Å². The molecule has 1 aliphatic rings. The van der Waals surface area contributed by atoms with E-state index in [4.69, 9.17) is 0 Å². The van der Waals surface area contributed by atoms with Crippen LogP contribution in [0.1, 0.15) is 50.5 Å². The van der Waals surface area contributed by atoms with Gasteiger partial charge in [-0.25, -0.2) is 10.1 Å². The fourth-order valence-corrected chi connectivity index (χ4v) is 3.73. The van der Waals surface area contributed by atoms with Gasteiger partial charge in [0.15, 0.2) is 5.69 Å². The van der Waals surface area contributed by atoms with Crippen molar-refractivity contribution in [2.75, 3.05) is 0 Å². The van der Waals surface area contributed by atoms with Crippen LogP contribution >= 0.6 is 0 Å². The number of carbonyl (C=O) groups is 1. The van der Waals surface area contributed by atoms with E-state index in [-0.39, 0.29) is 17.2 Å². The van der Waals surface area contributed by atoms with E-state index in [9.17, 15) is 9.59 Å². The van der Waals surface area contributed by atoms with Crippen molar-refractivity contribution in [2.24, 2.45) is 29.9 Å². The van der Waals surface area contributed by atoms with Crippen molar-refractivity contribution in [1.82, 2.24) is 15.2 Å². The topological polar surface area (TPSA) is 76.3 Å². The third-order valence-electron chi connectivity index (χ3n) is 5.23. The van der Waals surface area contributed by atoms with Gasteiger partial charge in [-0.2, -0.15) is 10.2 Å². The highest BCUT2D eigenvalue weighted by Crippen LogP contribution is 2.31. The second-order valence-electron chi connectivity index (χ2n) is 7.60. The lowest BCUT2D eigenvalue weighted by molar-refractivity contribution is 0.0948. The number of rotatable bonds is 3. The summed E-state index contributed by atoms with van der Waals surface area (Å²) in [6.07, 6.45) is 3.21. The Morgan fingerprint density at radius 1 is 1.27 bits per heavy atom. The number of fused-ring (bicyclic) bond motifs is 1. The number of hydrogen-bond acceptors (Lipinski definition) is 4. The Kier molecular flexibility index (Phi) is 5.20. The van der Waals surface area contributed by atoms with Crippen molar-refractivity contribution in [3.05, 3.63) is 40.3 Å². The van der Waals surface area contributed by atoms with Crippen LogP contribution in [0.3, 0.4) is 0 Å². The fraction of sp³-hybridized carbons (Fsp3) is 0.500. The molecule has 1 saturated carbocycles. The summed E-state index contributed by atoms with van der Waals surface area (Å²) in [5.41, 5.74) is 3.74. The van der Waals surface area contributed by atoms with Gasteiger partial charge in [-0.05, 0) is 37.2 Å². The van der Waals surface area contributed by atoms with Crippen molar-refractivity contribution in [3.8, 4) is 0 Å². The zero-order chi connectivity index (χ0) is 18.8. The van der Waals surface area contributed by atoms with Crippen LogP contribution in [0.4, 0.5) is 0 Å². The third-order valence-corrected chi connectivity index (χ3v) is 5.23. The minimum absolute atomic E-state index is 0.218. The van der Waals surface area contributed by atoms with E-state index >= 15 is 0 Å². The zero-order valence-electron chi connectivity index (χ0n) is 15.8. The van der Waals surface area contributed by atoms with Crippen LogP contribution in [0.5, 0.6) is 0 Å². The number of aryl methyl sites for hydroxylation is 1. The average molecular weight is 354 g/mol. The summed E-state index contributed by atoms with van der Waals surface area (Å²) in [7, 11) is 1.55. The molecule has 0 radical (unpaired) electrons. The van der Waals surface area contributed by atoms with Crippen molar-refractivity contribution < 1.29 is 4.79 Å². The molecule has 2 atom stereocenters. The number of benzene rings is 1. The first-order valence-electron chi connectivity index (χ1n) is 9.21. The minimum Gasteiger partial charge on any atom is -0.267 e. The molecule has 6 nitrogen and oxygen atoms in total. The monoisotopic (exact) mass is 354 g/mol. The first kappa shape index (κ1) is 18.3. The highest BCUT2D eigenvalue weighted by Gasteiger charge is 2.27. The van der Waals surface area contributed by atoms with E-state index in [0.29, 0.717) is 28.5 Å². The van der Waals surface area contributed by atoms with Gasteiger partial charge in [0.1, 0.15) is 0 Å². The molecule has 1 N–H and O–H groups in total. The molecule has 3 rings (SSSR count). The van der Waals surface area contributed by atoms with Crippen LogP contribution in [0, 0.1) is 17.8 Å². The van der Waals surface area contributed by atoms with Gasteiger partial charge in [0.05, 0.1) is 5.39 Å². The van der Waals surface area contributed by atoms with Gasteiger partial charge in [0, 0.05) is 24.1 Å². The Bertz CT molecular complexity index is 914. The van der Waals surface area contributed by atoms with Crippen LogP contribution in [-0.4, -0.2) is 21.4 Å². The van der Waals surface area contributed by atoms with Crippen LogP contribution in [0.25, 0.3) is 10.8 Å². The number of carbonyl (C=O) groups excluding carboxylic acids is 1. The third kappa shape index (κ3) is 3.54. The normalized spacial score (nSPS) is 22.1. The van der Waals surface area contributed by atoms with Gasteiger partial charge < -0.3 is 0 Å². The highest BCUT2D eigenvalue weighted by atomic mass is 16.2. The maximum Gasteiger partial charge on any atom is 0.292 e.